The molecule has 1 aromatic heterocycles. The van der Waals surface area contributed by atoms with E-state index in [0.717, 1.165) is 39.9 Å². The second kappa shape index (κ2) is 8.37. The Hall–Kier alpha value is -2.06. The Balaban J connectivity index is 1.43. The first-order valence-electron chi connectivity index (χ1n) is 11.0. The summed E-state index contributed by atoms with van der Waals surface area (Å²) < 4.78 is 0.996. The molecule has 1 saturated heterocycles. The molecule has 2 fully saturated rings. The third-order valence-electron chi connectivity index (χ3n) is 7.45. The number of fused-ring (bicyclic) bond motifs is 2. The predicted octanol–water partition coefficient (Wildman–Crippen LogP) is 5.27. The van der Waals surface area contributed by atoms with Crippen LogP contribution in [0.15, 0.2) is 28.7 Å². The Labute approximate surface area is 200 Å². The quantitative estimate of drug-likeness (QED) is 0.529. The number of carbonyl (C=O) groups is 3. The molecule has 170 valence electrons. The van der Waals surface area contributed by atoms with Gasteiger partial charge in [-0.2, -0.15) is 0 Å². The number of imide groups is 1. The number of benzene rings is 1. The van der Waals surface area contributed by atoms with Gasteiger partial charge < -0.3 is 5.32 Å². The number of likely N-dealkylation sites (tertiary alicyclic amines) is 1. The van der Waals surface area contributed by atoms with E-state index in [2.05, 4.69) is 33.2 Å². The lowest BCUT2D eigenvalue weighted by Crippen LogP contribution is -2.59. The van der Waals surface area contributed by atoms with Gasteiger partial charge in [0.15, 0.2) is 5.13 Å². The smallest absolute Gasteiger partial charge is 0.235 e. The van der Waals surface area contributed by atoms with Gasteiger partial charge in [-0.15, -0.1) is 11.3 Å². The highest BCUT2D eigenvalue weighted by atomic mass is 79.9. The topological polar surface area (TPSA) is 79.4 Å². The molecule has 2 aliphatic rings. The van der Waals surface area contributed by atoms with Crippen LogP contribution in [0.4, 0.5) is 5.13 Å². The van der Waals surface area contributed by atoms with Crippen LogP contribution in [0, 0.1) is 16.7 Å². The molecule has 2 atom stereocenters. The van der Waals surface area contributed by atoms with Crippen molar-refractivity contribution in [2.75, 3.05) is 11.9 Å². The Morgan fingerprint density at radius 2 is 1.94 bits per heavy atom. The molecule has 6 nitrogen and oxygen atoms in total. The summed E-state index contributed by atoms with van der Waals surface area (Å²) in [4.78, 5) is 45.8. The molecule has 1 aliphatic heterocycles. The summed E-state index contributed by atoms with van der Waals surface area (Å²) in [6, 6.07) is 7.92. The van der Waals surface area contributed by atoms with Crippen LogP contribution in [0.2, 0.25) is 0 Å². The maximum Gasteiger partial charge on any atom is 0.235 e. The molecule has 0 spiro atoms. The molecule has 2 unspecified atom stereocenters. The summed E-state index contributed by atoms with van der Waals surface area (Å²) in [5.41, 5.74) is 0.972. The van der Waals surface area contributed by atoms with Crippen LogP contribution in [0.5, 0.6) is 0 Å². The molecule has 2 heterocycles. The molecule has 2 bridgehead atoms. The van der Waals surface area contributed by atoms with Gasteiger partial charge in [-0.3, -0.25) is 19.3 Å². The van der Waals surface area contributed by atoms with E-state index >= 15 is 0 Å². The number of carbonyl (C=O) groups excluding carboxylic acids is 3. The Bertz CT molecular complexity index is 1080. The first-order valence-corrected chi connectivity index (χ1v) is 12.6. The first-order chi connectivity index (χ1) is 15.1. The fourth-order valence-electron chi connectivity index (χ4n) is 4.99. The fourth-order valence-corrected chi connectivity index (χ4v) is 6.19. The van der Waals surface area contributed by atoms with E-state index in [-0.39, 0.29) is 42.0 Å². The number of nitrogens with one attached hydrogen (secondary N) is 1. The lowest BCUT2D eigenvalue weighted by atomic mass is 9.62. The summed E-state index contributed by atoms with van der Waals surface area (Å²) in [6.07, 6.45) is 2.32. The van der Waals surface area contributed by atoms with Crippen molar-refractivity contribution in [1.29, 1.82) is 0 Å². The number of hydrogen-bond acceptors (Lipinski definition) is 5. The molecule has 3 amide bonds. The highest BCUT2D eigenvalue weighted by molar-refractivity contribution is 9.10. The second-order valence-corrected chi connectivity index (χ2v) is 11.4. The van der Waals surface area contributed by atoms with E-state index in [0.29, 0.717) is 5.13 Å². The molecule has 4 rings (SSSR count). The van der Waals surface area contributed by atoms with Crippen LogP contribution in [-0.4, -0.2) is 34.2 Å². The summed E-state index contributed by atoms with van der Waals surface area (Å²) >= 11 is 4.90. The monoisotopic (exact) mass is 517 g/mol. The third-order valence-corrected chi connectivity index (χ3v) is 9.10. The van der Waals surface area contributed by atoms with E-state index in [1.807, 2.05) is 45.0 Å². The summed E-state index contributed by atoms with van der Waals surface area (Å²) in [6.45, 7) is 8.16. The average molecular weight is 518 g/mol. The molecular formula is C24H28BrN3O3S. The van der Waals surface area contributed by atoms with Gasteiger partial charge in [-0.25, -0.2) is 4.98 Å². The number of halogens is 1. The lowest BCUT2D eigenvalue weighted by Gasteiger charge is -2.47. The summed E-state index contributed by atoms with van der Waals surface area (Å²) in [5, 5.41) is 3.40. The zero-order valence-corrected chi connectivity index (χ0v) is 21.2. The van der Waals surface area contributed by atoms with Gasteiger partial charge in [0.2, 0.25) is 17.7 Å². The second-order valence-electron chi connectivity index (χ2n) is 9.39. The summed E-state index contributed by atoms with van der Waals surface area (Å²) in [5.74, 6) is -0.684. The van der Waals surface area contributed by atoms with Crippen molar-refractivity contribution in [3.05, 3.63) is 33.6 Å². The predicted molar refractivity (Wildman–Crippen MR) is 129 cm³/mol. The molecule has 1 saturated carbocycles. The van der Waals surface area contributed by atoms with Crippen LogP contribution in [0.25, 0.3) is 11.3 Å². The number of anilines is 1. The molecule has 1 aromatic carbocycles. The number of amides is 3. The van der Waals surface area contributed by atoms with Gasteiger partial charge in [-0.05, 0) is 36.8 Å². The SMILES string of the molecule is CCc1sc(NC(=O)CCN2C(=O)C3CCC(C)(C2=O)C3(C)C)nc1-c1ccc(Br)cc1. The number of aryl methyl sites for hydroxylation is 1. The zero-order chi connectivity index (χ0) is 23.3. The van der Waals surface area contributed by atoms with Gasteiger partial charge >= 0.3 is 0 Å². The highest BCUT2D eigenvalue weighted by Gasteiger charge is 2.64. The normalized spacial score (nSPS) is 24.2. The molecule has 0 radical (unpaired) electrons. The highest BCUT2D eigenvalue weighted by Crippen LogP contribution is 2.60. The van der Waals surface area contributed by atoms with E-state index in [1.165, 1.54) is 16.2 Å². The number of nitrogens with zero attached hydrogens (tertiary/aromatic N) is 2. The molecule has 32 heavy (non-hydrogen) atoms. The Morgan fingerprint density at radius 3 is 2.59 bits per heavy atom. The van der Waals surface area contributed by atoms with Crippen molar-refractivity contribution in [3.63, 3.8) is 0 Å². The standard InChI is InChI=1S/C24H28BrN3O3S/c1-5-17-19(14-6-8-15(25)9-7-14)27-22(32-17)26-18(29)11-13-28-20(30)16-10-12-24(4,21(28)31)23(16,2)3/h6-9,16H,5,10-13H2,1-4H3,(H,26,27,29). The Morgan fingerprint density at radius 1 is 1.25 bits per heavy atom. The number of hydrogen-bond donors (Lipinski definition) is 1. The van der Waals surface area contributed by atoms with Crippen LogP contribution < -0.4 is 5.32 Å². The van der Waals surface area contributed by atoms with Crippen LogP contribution in [0.3, 0.4) is 0 Å². The molecule has 1 aliphatic carbocycles. The molecular weight excluding hydrogens is 490 g/mol. The van der Waals surface area contributed by atoms with Crippen LogP contribution in [-0.2, 0) is 20.8 Å². The number of aromatic nitrogens is 1. The van der Waals surface area contributed by atoms with Crippen molar-refractivity contribution in [3.8, 4) is 11.3 Å². The van der Waals surface area contributed by atoms with Crippen molar-refractivity contribution < 1.29 is 14.4 Å². The molecule has 2 aromatic rings. The lowest BCUT2D eigenvalue weighted by molar-refractivity contribution is -0.167. The van der Waals surface area contributed by atoms with Crippen molar-refractivity contribution in [2.24, 2.45) is 16.7 Å². The van der Waals surface area contributed by atoms with Crippen molar-refractivity contribution >= 4 is 50.1 Å². The largest absolute Gasteiger partial charge is 0.302 e. The average Bonchev–Trinajstić information content (AvgIpc) is 3.23. The van der Waals surface area contributed by atoms with E-state index in [1.54, 1.807) is 0 Å². The van der Waals surface area contributed by atoms with Crippen molar-refractivity contribution in [1.82, 2.24) is 9.88 Å². The minimum atomic E-state index is -0.549. The molecule has 8 heteroatoms. The van der Waals surface area contributed by atoms with Gasteiger partial charge in [0, 0.05) is 33.8 Å². The first kappa shape index (κ1) is 23.1. The number of thiazole rings is 1. The van der Waals surface area contributed by atoms with Gasteiger partial charge in [0.05, 0.1) is 11.1 Å². The Kier molecular flexibility index (Phi) is 6.05. The summed E-state index contributed by atoms with van der Waals surface area (Å²) in [7, 11) is 0. The van der Waals surface area contributed by atoms with E-state index in [9.17, 15) is 14.4 Å². The van der Waals surface area contributed by atoms with E-state index < -0.39 is 5.41 Å². The minimum Gasteiger partial charge on any atom is -0.302 e. The van der Waals surface area contributed by atoms with Gasteiger partial charge in [0.1, 0.15) is 0 Å². The maximum absolute atomic E-state index is 13.1. The maximum atomic E-state index is 13.1. The van der Waals surface area contributed by atoms with Gasteiger partial charge in [-0.1, -0.05) is 55.8 Å². The number of rotatable bonds is 6. The van der Waals surface area contributed by atoms with Crippen molar-refractivity contribution in [2.45, 2.75) is 53.4 Å². The van der Waals surface area contributed by atoms with Crippen LogP contribution >= 0.6 is 27.3 Å². The number of piperidine rings is 1. The fraction of sp³-hybridized carbons (Fsp3) is 0.500. The third kappa shape index (κ3) is 3.71. The van der Waals surface area contributed by atoms with Gasteiger partial charge in [0.25, 0.3) is 0 Å². The van der Waals surface area contributed by atoms with E-state index in [4.69, 9.17) is 0 Å². The zero-order valence-electron chi connectivity index (χ0n) is 18.8. The molecule has 1 N–H and O–H groups in total. The minimum absolute atomic E-state index is 0.0648. The van der Waals surface area contributed by atoms with Crippen LogP contribution in [0.1, 0.15) is 51.8 Å².